The number of hydrogen-bond acceptors (Lipinski definition) is 2. The molecule has 0 bridgehead atoms. The second-order valence-electron chi connectivity index (χ2n) is 4.28. The van der Waals surface area contributed by atoms with E-state index in [0.717, 1.165) is 23.8 Å². The number of ketones is 1. The van der Waals surface area contributed by atoms with Gasteiger partial charge in [-0.2, -0.15) is 0 Å². The first-order valence-corrected chi connectivity index (χ1v) is 5.91. The molecule has 5 heteroatoms. The average Bonchev–Trinajstić information content (AvgIpc) is 2.55. The highest BCUT2D eigenvalue weighted by molar-refractivity contribution is 6.52. The van der Waals surface area contributed by atoms with Gasteiger partial charge in [-0.25, -0.2) is 8.78 Å². The van der Waals surface area contributed by atoms with Crippen molar-refractivity contribution in [2.24, 2.45) is 0 Å². The smallest absolute Gasteiger partial charge is 0.299 e. The highest BCUT2D eigenvalue weighted by Crippen LogP contribution is 2.32. The number of Topliss-reactive ketones (excluding diaryl/α,β-unsaturated/α-hetero) is 1. The lowest BCUT2D eigenvalue weighted by Gasteiger charge is -2.16. The van der Waals surface area contributed by atoms with Gasteiger partial charge in [-0.05, 0) is 12.5 Å². The van der Waals surface area contributed by atoms with E-state index in [1.165, 1.54) is 0 Å². The van der Waals surface area contributed by atoms with Crippen molar-refractivity contribution in [1.82, 2.24) is 0 Å². The number of anilines is 1. The van der Waals surface area contributed by atoms with E-state index in [1.807, 2.05) is 6.92 Å². The Kier molecular flexibility index (Phi) is 3.41. The van der Waals surface area contributed by atoms with Gasteiger partial charge >= 0.3 is 0 Å². The molecule has 1 heterocycles. The van der Waals surface area contributed by atoms with E-state index in [1.54, 1.807) is 0 Å². The van der Waals surface area contributed by atoms with Crippen LogP contribution in [0.2, 0.25) is 0 Å². The lowest BCUT2D eigenvalue weighted by atomic mass is 10.1. The summed E-state index contributed by atoms with van der Waals surface area (Å²) in [6.07, 6.45) is 2.52. The molecule has 1 aliphatic rings. The SMILES string of the molecule is CCCCCN1C(=O)C(=O)c2cc(F)cc(F)c21. The maximum Gasteiger partial charge on any atom is 0.299 e. The van der Waals surface area contributed by atoms with Crippen molar-refractivity contribution < 1.29 is 18.4 Å². The molecule has 0 spiro atoms. The molecule has 96 valence electrons. The van der Waals surface area contributed by atoms with E-state index < -0.39 is 23.3 Å². The number of nitrogens with zero attached hydrogens (tertiary/aromatic N) is 1. The first kappa shape index (κ1) is 12.7. The third kappa shape index (κ3) is 2.00. The Morgan fingerprint density at radius 3 is 2.56 bits per heavy atom. The standard InChI is InChI=1S/C13H13F2NO2/c1-2-3-4-5-16-11-9(12(17)13(16)18)6-8(14)7-10(11)15/h6-7H,2-5H2,1H3. The fourth-order valence-corrected chi connectivity index (χ4v) is 2.09. The highest BCUT2D eigenvalue weighted by atomic mass is 19.1. The Morgan fingerprint density at radius 1 is 1.17 bits per heavy atom. The summed E-state index contributed by atoms with van der Waals surface area (Å²) >= 11 is 0. The molecule has 0 fully saturated rings. The summed E-state index contributed by atoms with van der Waals surface area (Å²) in [4.78, 5) is 24.4. The van der Waals surface area contributed by atoms with Crippen LogP contribution in [-0.2, 0) is 4.79 Å². The zero-order valence-electron chi connectivity index (χ0n) is 10.0. The fourth-order valence-electron chi connectivity index (χ4n) is 2.09. The zero-order valence-corrected chi connectivity index (χ0v) is 10.0. The normalized spacial score (nSPS) is 14.3. The van der Waals surface area contributed by atoms with Crippen molar-refractivity contribution >= 4 is 17.4 Å². The zero-order chi connectivity index (χ0) is 13.3. The monoisotopic (exact) mass is 253 g/mol. The summed E-state index contributed by atoms with van der Waals surface area (Å²) in [7, 11) is 0. The predicted octanol–water partition coefficient (Wildman–Crippen LogP) is 2.68. The van der Waals surface area contributed by atoms with Gasteiger partial charge in [0.1, 0.15) is 5.82 Å². The molecule has 0 aliphatic carbocycles. The van der Waals surface area contributed by atoms with Gasteiger partial charge < -0.3 is 4.90 Å². The van der Waals surface area contributed by atoms with E-state index in [-0.39, 0.29) is 17.8 Å². The molecule has 3 nitrogen and oxygen atoms in total. The molecule has 0 N–H and O–H groups in total. The van der Waals surface area contributed by atoms with E-state index in [0.29, 0.717) is 12.5 Å². The molecule has 2 rings (SSSR count). The molecule has 1 amide bonds. The second-order valence-corrected chi connectivity index (χ2v) is 4.28. The minimum atomic E-state index is -0.860. The van der Waals surface area contributed by atoms with Crippen LogP contribution in [0, 0.1) is 11.6 Å². The van der Waals surface area contributed by atoms with Crippen molar-refractivity contribution in [3.63, 3.8) is 0 Å². The summed E-state index contributed by atoms with van der Waals surface area (Å²) in [5.41, 5.74) is -0.253. The van der Waals surface area contributed by atoms with E-state index >= 15 is 0 Å². The van der Waals surface area contributed by atoms with Gasteiger partial charge in [-0.15, -0.1) is 0 Å². The summed E-state index contributed by atoms with van der Waals surface area (Å²) in [6.45, 7) is 2.29. The predicted molar refractivity (Wildman–Crippen MR) is 62.6 cm³/mol. The van der Waals surface area contributed by atoms with Crippen molar-refractivity contribution in [3.8, 4) is 0 Å². The van der Waals surface area contributed by atoms with Gasteiger partial charge in [0, 0.05) is 12.6 Å². The van der Waals surface area contributed by atoms with Gasteiger partial charge in [0.15, 0.2) is 5.82 Å². The van der Waals surface area contributed by atoms with Gasteiger partial charge in [0.2, 0.25) is 0 Å². The highest BCUT2D eigenvalue weighted by Gasteiger charge is 2.38. The minimum absolute atomic E-state index is 0.0810. The van der Waals surface area contributed by atoms with Crippen LogP contribution in [0.15, 0.2) is 12.1 Å². The number of carbonyl (C=O) groups is 2. The van der Waals surface area contributed by atoms with Gasteiger partial charge in [-0.1, -0.05) is 19.8 Å². The van der Waals surface area contributed by atoms with Crippen LogP contribution in [0.1, 0.15) is 36.5 Å². The topological polar surface area (TPSA) is 37.4 Å². The Labute approximate surface area is 103 Å². The van der Waals surface area contributed by atoms with Crippen molar-refractivity contribution in [2.45, 2.75) is 26.2 Å². The Morgan fingerprint density at radius 2 is 1.89 bits per heavy atom. The summed E-state index contributed by atoms with van der Waals surface area (Å²) in [5, 5.41) is 0. The van der Waals surface area contributed by atoms with Gasteiger partial charge in [0.25, 0.3) is 11.7 Å². The quantitative estimate of drug-likeness (QED) is 0.611. The molecule has 0 radical (unpaired) electrons. The van der Waals surface area contributed by atoms with Crippen LogP contribution in [0.4, 0.5) is 14.5 Å². The summed E-state index contributed by atoms with van der Waals surface area (Å²) < 4.78 is 26.7. The third-order valence-corrected chi connectivity index (χ3v) is 2.97. The van der Waals surface area contributed by atoms with Crippen LogP contribution in [0.25, 0.3) is 0 Å². The summed E-state index contributed by atoms with van der Waals surface area (Å²) in [6, 6.07) is 1.61. The molecular weight excluding hydrogens is 240 g/mol. The molecule has 1 aliphatic heterocycles. The molecule has 0 aromatic heterocycles. The number of amides is 1. The van der Waals surface area contributed by atoms with Crippen LogP contribution in [-0.4, -0.2) is 18.2 Å². The van der Waals surface area contributed by atoms with Crippen LogP contribution in [0.5, 0.6) is 0 Å². The van der Waals surface area contributed by atoms with E-state index in [4.69, 9.17) is 0 Å². The molecule has 1 aromatic rings. The van der Waals surface area contributed by atoms with Crippen LogP contribution < -0.4 is 4.90 Å². The molecule has 0 saturated carbocycles. The minimum Gasteiger partial charge on any atom is -0.302 e. The van der Waals surface area contributed by atoms with Gasteiger partial charge in [0.05, 0.1) is 11.3 Å². The Balaban J connectivity index is 2.36. The van der Waals surface area contributed by atoms with Crippen molar-refractivity contribution in [3.05, 3.63) is 29.3 Å². The molecule has 18 heavy (non-hydrogen) atoms. The Bertz CT molecular complexity index is 514. The largest absolute Gasteiger partial charge is 0.302 e. The lowest BCUT2D eigenvalue weighted by Crippen LogP contribution is -2.31. The number of unbranched alkanes of at least 4 members (excludes halogenated alkanes) is 2. The maximum atomic E-state index is 13.7. The molecular formula is C13H13F2NO2. The van der Waals surface area contributed by atoms with E-state index in [2.05, 4.69) is 0 Å². The van der Waals surface area contributed by atoms with Crippen LogP contribution >= 0.6 is 0 Å². The molecule has 1 aromatic carbocycles. The number of fused-ring (bicyclic) bond motifs is 1. The lowest BCUT2D eigenvalue weighted by molar-refractivity contribution is -0.114. The first-order chi connectivity index (χ1) is 8.56. The summed E-state index contributed by atoms with van der Waals surface area (Å²) in [5.74, 6) is -3.31. The molecule has 0 unspecified atom stereocenters. The maximum absolute atomic E-state index is 13.7. The average molecular weight is 253 g/mol. The fraction of sp³-hybridized carbons (Fsp3) is 0.385. The van der Waals surface area contributed by atoms with Crippen LogP contribution in [0.3, 0.4) is 0 Å². The third-order valence-electron chi connectivity index (χ3n) is 2.97. The van der Waals surface area contributed by atoms with E-state index in [9.17, 15) is 18.4 Å². The molecule has 0 atom stereocenters. The Hall–Kier alpha value is -1.78. The number of hydrogen-bond donors (Lipinski definition) is 0. The number of rotatable bonds is 4. The van der Waals surface area contributed by atoms with Gasteiger partial charge in [-0.3, -0.25) is 9.59 Å². The first-order valence-electron chi connectivity index (χ1n) is 5.91. The second kappa shape index (κ2) is 4.84. The molecule has 0 saturated heterocycles. The van der Waals surface area contributed by atoms with Crippen molar-refractivity contribution in [2.75, 3.05) is 11.4 Å². The van der Waals surface area contributed by atoms with Crippen molar-refractivity contribution in [1.29, 1.82) is 0 Å². The number of carbonyl (C=O) groups excluding carboxylic acids is 2. The number of halogens is 2. The number of benzene rings is 1.